The Bertz CT molecular complexity index is 360. The highest BCUT2D eigenvalue weighted by atomic mass is 16.1. The predicted octanol–water partition coefficient (Wildman–Crippen LogP) is 0.169. The molecule has 1 aliphatic carbocycles. The summed E-state index contributed by atoms with van der Waals surface area (Å²) in [5.41, 5.74) is 7.45. The molecule has 1 heterocycles. The maximum atomic E-state index is 10.8. The van der Waals surface area contributed by atoms with Crippen LogP contribution in [0.25, 0.3) is 0 Å². The molecule has 2 N–H and O–H groups in total. The Balaban J connectivity index is 2.36. The quantitative estimate of drug-likeness (QED) is 0.585. The number of rotatable bonds is 1. The second-order valence-electron chi connectivity index (χ2n) is 2.62. The summed E-state index contributed by atoms with van der Waals surface area (Å²) >= 11 is 0. The third-order valence-corrected chi connectivity index (χ3v) is 1.82. The van der Waals surface area contributed by atoms with Crippen LogP contribution in [0.2, 0.25) is 0 Å². The van der Waals surface area contributed by atoms with Crippen molar-refractivity contribution in [3.8, 4) is 0 Å². The topological polar surface area (TPSA) is 67.8 Å². The summed E-state index contributed by atoms with van der Waals surface area (Å²) < 4.78 is 0. The normalized spacial score (nSPS) is 19.5. The highest BCUT2D eigenvalue weighted by Gasteiger charge is 2.16. The lowest BCUT2D eigenvalue weighted by Crippen LogP contribution is -2.16. The van der Waals surface area contributed by atoms with E-state index in [0.29, 0.717) is 12.0 Å². The van der Waals surface area contributed by atoms with E-state index in [1.54, 1.807) is 18.4 Å². The Morgan fingerprint density at radius 3 is 3.17 bits per heavy atom. The van der Waals surface area contributed by atoms with Gasteiger partial charge in [-0.1, -0.05) is 6.08 Å². The molecule has 4 heteroatoms. The SMILES string of the molecule is NC(=O)C1=CCC2=NN=CC2=C1. The molecule has 0 radical (unpaired) electrons. The van der Waals surface area contributed by atoms with Gasteiger partial charge in [0.1, 0.15) is 0 Å². The number of fused-ring (bicyclic) bond motifs is 1. The molecular formula is C8H7N3O. The maximum Gasteiger partial charge on any atom is 0.248 e. The van der Waals surface area contributed by atoms with Crippen molar-refractivity contribution in [3.63, 3.8) is 0 Å². The fourth-order valence-corrected chi connectivity index (χ4v) is 1.18. The van der Waals surface area contributed by atoms with Crippen molar-refractivity contribution in [2.45, 2.75) is 6.42 Å². The molecule has 1 aliphatic heterocycles. The maximum absolute atomic E-state index is 10.8. The molecule has 0 unspecified atom stereocenters. The molecule has 4 nitrogen and oxygen atoms in total. The number of allylic oxidation sites excluding steroid dienone is 2. The van der Waals surface area contributed by atoms with Crippen LogP contribution >= 0.6 is 0 Å². The number of hydrogen-bond donors (Lipinski definition) is 1. The van der Waals surface area contributed by atoms with Gasteiger partial charge >= 0.3 is 0 Å². The zero-order chi connectivity index (χ0) is 8.55. The molecule has 2 aliphatic rings. The molecule has 0 saturated carbocycles. The van der Waals surface area contributed by atoms with Gasteiger partial charge in [0, 0.05) is 17.6 Å². The lowest BCUT2D eigenvalue weighted by Gasteiger charge is -2.06. The number of nitrogens with two attached hydrogens (primary N) is 1. The van der Waals surface area contributed by atoms with Crippen LogP contribution < -0.4 is 5.73 Å². The van der Waals surface area contributed by atoms with Crippen molar-refractivity contribution in [3.05, 3.63) is 23.3 Å². The fourth-order valence-electron chi connectivity index (χ4n) is 1.18. The second-order valence-corrected chi connectivity index (χ2v) is 2.62. The summed E-state index contributed by atoms with van der Waals surface area (Å²) in [5.74, 6) is -0.401. The molecule has 0 aromatic rings. The first-order valence-electron chi connectivity index (χ1n) is 3.59. The first-order chi connectivity index (χ1) is 5.77. The summed E-state index contributed by atoms with van der Waals surface area (Å²) in [6.45, 7) is 0. The van der Waals surface area contributed by atoms with Crippen molar-refractivity contribution in [2.75, 3.05) is 0 Å². The molecule has 12 heavy (non-hydrogen) atoms. The smallest absolute Gasteiger partial charge is 0.248 e. The number of hydrogen-bond acceptors (Lipinski definition) is 3. The summed E-state index contributed by atoms with van der Waals surface area (Å²) in [6.07, 6.45) is 5.75. The molecule has 0 aromatic heterocycles. The van der Waals surface area contributed by atoms with Crippen molar-refractivity contribution >= 4 is 17.8 Å². The predicted molar refractivity (Wildman–Crippen MR) is 45.9 cm³/mol. The third kappa shape index (κ3) is 0.972. The van der Waals surface area contributed by atoms with Gasteiger partial charge in [0.25, 0.3) is 0 Å². The van der Waals surface area contributed by atoms with Crippen LogP contribution in [-0.2, 0) is 4.79 Å². The second kappa shape index (κ2) is 2.41. The molecule has 60 valence electrons. The number of amides is 1. The molecule has 0 fully saturated rings. The van der Waals surface area contributed by atoms with E-state index < -0.39 is 5.91 Å². The average Bonchev–Trinajstić information content (AvgIpc) is 2.49. The van der Waals surface area contributed by atoms with E-state index in [-0.39, 0.29) is 0 Å². The number of carbonyl (C=O) groups is 1. The highest BCUT2D eigenvalue weighted by Crippen LogP contribution is 2.17. The molecule has 0 aromatic carbocycles. The van der Waals surface area contributed by atoms with E-state index in [9.17, 15) is 4.79 Å². The van der Waals surface area contributed by atoms with Crippen LogP contribution in [0.15, 0.2) is 33.5 Å². The van der Waals surface area contributed by atoms with Crippen LogP contribution in [0.1, 0.15) is 6.42 Å². The van der Waals surface area contributed by atoms with E-state index in [4.69, 9.17) is 5.73 Å². The van der Waals surface area contributed by atoms with Crippen LogP contribution in [0.4, 0.5) is 0 Å². The van der Waals surface area contributed by atoms with Gasteiger partial charge in [0.2, 0.25) is 5.91 Å². The minimum Gasteiger partial charge on any atom is -0.366 e. The van der Waals surface area contributed by atoms with Gasteiger partial charge in [0.05, 0.1) is 11.9 Å². The average molecular weight is 161 g/mol. The number of carbonyl (C=O) groups excluding carboxylic acids is 1. The minimum atomic E-state index is -0.401. The highest BCUT2D eigenvalue weighted by molar-refractivity contribution is 6.21. The first-order valence-corrected chi connectivity index (χ1v) is 3.59. The molecule has 0 bridgehead atoms. The van der Waals surface area contributed by atoms with Gasteiger partial charge in [-0.05, 0) is 6.08 Å². The van der Waals surface area contributed by atoms with Crippen LogP contribution in [0, 0.1) is 0 Å². The van der Waals surface area contributed by atoms with Gasteiger partial charge in [-0.2, -0.15) is 10.2 Å². The van der Waals surface area contributed by atoms with E-state index in [0.717, 1.165) is 11.3 Å². The van der Waals surface area contributed by atoms with Crippen molar-refractivity contribution in [1.29, 1.82) is 0 Å². The lowest BCUT2D eigenvalue weighted by molar-refractivity contribution is -0.114. The van der Waals surface area contributed by atoms with Crippen LogP contribution in [0.5, 0.6) is 0 Å². The van der Waals surface area contributed by atoms with Crippen LogP contribution in [-0.4, -0.2) is 17.8 Å². The minimum absolute atomic E-state index is 0.401. The summed E-state index contributed by atoms with van der Waals surface area (Å²) in [7, 11) is 0. The zero-order valence-corrected chi connectivity index (χ0v) is 6.32. The molecule has 0 saturated heterocycles. The monoisotopic (exact) mass is 161 g/mol. The Morgan fingerprint density at radius 1 is 1.58 bits per heavy atom. The van der Waals surface area contributed by atoms with Crippen LogP contribution in [0.3, 0.4) is 0 Å². The fraction of sp³-hybridized carbons (Fsp3) is 0.125. The molecule has 2 rings (SSSR count). The Hall–Kier alpha value is -1.71. The van der Waals surface area contributed by atoms with Gasteiger partial charge < -0.3 is 5.73 Å². The standard InChI is InChI=1S/C8H7N3O/c9-8(12)5-1-2-7-6(3-5)4-10-11-7/h1,3-4H,2H2,(H2,9,12). The summed E-state index contributed by atoms with van der Waals surface area (Å²) in [6, 6.07) is 0. The Morgan fingerprint density at radius 2 is 2.42 bits per heavy atom. The number of nitrogens with zero attached hydrogens (tertiary/aromatic N) is 2. The first kappa shape index (κ1) is 6.97. The lowest BCUT2D eigenvalue weighted by atomic mass is 9.98. The largest absolute Gasteiger partial charge is 0.366 e. The van der Waals surface area contributed by atoms with Gasteiger partial charge in [-0.25, -0.2) is 0 Å². The van der Waals surface area contributed by atoms with E-state index in [1.807, 2.05) is 0 Å². The Kier molecular flexibility index (Phi) is 1.40. The van der Waals surface area contributed by atoms with Gasteiger partial charge in [-0.15, -0.1) is 0 Å². The van der Waals surface area contributed by atoms with E-state index in [2.05, 4.69) is 10.2 Å². The third-order valence-electron chi connectivity index (χ3n) is 1.82. The van der Waals surface area contributed by atoms with Crippen molar-refractivity contribution in [1.82, 2.24) is 0 Å². The summed E-state index contributed by atoms with van der Waals surface area (Å²) in [5, 5.41) is 7.60. The molecule has 1 amide bonds. The Labute approximate surface area is 69.2 Å². The van der Waals surface area contributed by atoms with Crippen molar-refractivity contribution in [2.24, 2.45) is 15.9 Å². The molecular weight excluding hydrogens is 154 g/mol. The van der Waals surface area contributed by atoms with Crippen molar-refractivity contribution < 1.29 is 4.79 Å². The zero-order valence-electron chi connectivity index (χ0n) is 6.32. The molecule has 0 atom stereocenters. The van der Waals surface area contributed by atoms with E-state index >= 15 is 0 Å². The van der Waals surface area contributed by atoms with Gasteiger partial charge in [-0.3, -0.25) is 4.79 Å². The van der Waals surface area contributed by atoms with E-state index in [1.165, 1.54) is 0 Å². The van der Waals surface area contributed by atoms with Gasteiger partial charge in [0.15, 0.2) is 0 Å². The number of primary amides is 1. The molecule has 0 spiro atoms. The summed E-state index contributed by atoms with van der Waals surface area (Å²) in [4.78, 5) is 10.8.